The molecular formula is C69H108O12. The fraction of sp³-hybridized carbons (Fsp3) is 0.623. The van der Waals surface area contributed by atoms with E-state index < -0.39 is 67.3 Å². The topological polar surface area (TPSA) is 175 Å². The molecular weight excluding hydrogens is 1020 g/mol. The van der Waals surface area contributed by atoms with Crippen molar-refractivity contribution in [1.82, 2.24) is 0 Å². The summed E-state index contributed by atoms with van der Waals surface area (Å²) >= 11 is 0. The van der Waals surface area contributed by atoms with Crippen molar-refractivity contribution in [1.29, 1.82) is 0 Å². The van der Waals surface area contributed by atoms with Crippen LogP contribution in [-0.2, 0) is 42.9 Å². The van der Waals surface area contributed by atoms with Crippen LogP contribution in [0.2, 0.25) is 0 Å². The SMILES string of the molecule is CC/C=C\C/C=C\C/C=C\C/C=C\C/C=C\CCCC(=O)OC1C(OCC(COC(=O)CCCCCCCCC/C=C\C/C=C\C/C=C\CC)OC(=O)CCCCCCCCC/C=C\C/C=C\C/C=C\CC)OC(C(=O)O)C(O)C1O. The first-order chi connectivity index (χ1) is 39.6. The number of carboxylic acids is 1. The molecule has 6 atom stereocenters. The molecule has 12 heteroatoms. The third kappa shape index (κ3) is 45.1. The largest absolute Gasteiger partial charge is 0.479 e. The van der Waals surface area contributed by atoms with Gasteiger partial charge in [0, 0.05) is 19.3 Å². The van der Waals surface area contributed by atoms with Crippen molar-refractivity contribution < 1.29 is 58.2 Å². The van der Waals surface area contributed by atoms with E-state index in [1.807, 2.05) is 12.2 Å². The van der Waals surface area contributed by atoms with Gasteiger partial charge in [-0.1, -0.05) is 219 Å². The minimum absolute atomic E-state index is 0.0269. The molecule has 0 bridgehead atoms. The van der Waals surface area contributed by atoms with Crippen LogP contribution in [-0.4, -0.2) is 89.2 Å². The molecule has 1 aliphatic heterocycles. The lowest BCUT2D eigenvalue weighted by atomic mass is 9.98. The minimum atomic E-state index is -1.93. The zero-order valence-corrected chi connectivity index (χ0v) is 50.2. The van der Waals surface area contributed by atoms with Gasteiger partial charge in [-0.3, -0.25) is 14.4 Å². The van der Waals surface area contributed by atoms with Crippen LogP contribution >= 0.6 is 0 Å². The van der Waals surface area contributed by atoms with E-state index in [0.717, 1.165) is 154 Å². The number of aliphatic hydroxyl groups is 2. The second kappa shape index (κ2) is 55.4. The van der Waals surface area contributed by atoms with Crippen LogP contribution in [0.3, 0.4) is 0 Å². The molecule has 3 N–H and O–H groups in total. The van der Waals surface area contributed by atoms with E-state index in [-0.39, 0.29) is 25.9 Å². The molecule has 1 saturated heterocycles. The Bertz CT molecular complexity index is 1920. The summed E-state index contributed by atoms with van der Waals surface area (Å²) < 4.78 is 28.4. The lowest BCUT2D eigenvalue weighted by Crippen LogP contribution is -2.61. The summed E-state index contributed by atoms with van der Waals surface area (Å²) in [5.41, 5.74) is 0. The van der Waals surface area contributed by atoms with Gasteiger partial charge in [-0.15, -0.1) is 0 Å². The van der Waals surface area contributed by atoms with Crippen LogP contribution in [0.15, 0.2) is 134 Å². The lowest BCUT2D eigenvalue weighted by Gasteiger charge is -2.40. The van der Waals surface area contributed by atoms with Crippen LogP contribution in [0.1, 0.15) is 226 Å². The molecule has 0 saturated carbocycles. The molecule has 456 valence electrons. The molecule has 81 heavy (non-hydrogen) atoms. The van der Waals surface area contributed by atoms with E-state index in [1.165, 1.54) is 6.42 Å². The predicted octanol–water partition coefficient (Wildman–Crippen LogP) is 16.6. The zero-order chi connectivity index (χ0) is 58.9. The monoisotopic (exact) mass is 1130 g/mol. The van der Waals surface area contributed by atoms with Gasteiger partial charge >= 0.3 is 23.9 Å². The van der Waals surface area contributed by atoms with Crippen LogP contribution in [0, 0.1) is 0 Å². The van der Waals surface area contributed by atoms with Gasteiger partial charge in [0.2, 0.25) is 0 Å². The van der Waals surface area contributed by atoms with Crippen LogP contribution in [0.5, 0.6) is 0 Å². The number of carboxylic acid groups (broad SMARTS) is 1. The average molecular weight is 1130 g/mol. The van der Waals surface area contributed by atoms with Gasteiger partial charge in [0.15, 0.2) is 24.6 Å². The summed E-state index contributed by atoms with van der Waals surface area (Å²) in [7, 11) is 0. The molecule has 0 radical (unpaired) electrons. The minimum Gasteiger partial charge on any atom is -0.479 e. The van der Waals surface area contributed by atoms with Gasteiger partial charge in [-0.2, -0.15) is 0 Å². The fourth-order valence-corrected chi connectivity index (χ4v) is 8.55. The van der Waals surface area contributed by atoms with E-state index in [4.69, 9.17) is 23.7 Å². The van der Waals surface area contributed by atoms with Gasteiger partial charge in [-0.25, -0.2) is 4.79 Å². The van der Waals surface area contributed by atoms with Crippen molar-refractivity contribution in [3.05, 3.63) is 134 Å². The van der Waals surface area contributed by atoms with Gasteiger partial charge in [-0.05, 0) is 122 Å². The first-order valence-corrected chi connectivity index (χ1v) is 31.2. The van der Waals surface area contributed by atoms with Gasteiger partial charge < -0.3 is 39.0 Å². The Morgan fingerprint density at radius 1 is 0.407 bits per heavy atom. The number of aliphatic hydroxyl groups excluding tert-OH is 2. The number of hydrogen-bond acceptors (Lipinski definition) is 11. The maximum absolute atomic E-state index is 13.2. The summed E-state index contributed by atoms with van der Waals surface area (Å²) in [5.74, 6) is -3.24. The Balaban J connectivity index is 2.73. The molecule has 12 nitrogen and oxygen atoms in total. The first-order valence-electron chi connectivity index (χ1n) is 31.2. The fourth-order valence-electron chi connectivity index (χ4n) is 8.55. The Morgan fingerprint density at radius 2 is 0.753 bits per heavy atom. The molecule has 6 unspecified atom stereocenters. The lowest BCUT2D eigenvalue weighted by molar-refractivity contribution is -0.301. The van der Waals surface area contributed by atoms with Gasteiger partial charge in [0.1, 0.15) is 18.8 Å². The number of allylic oxidation sites excluding steroid dienone is 22. The summed E-state index contributed by atoms with van der Waals surface area (Å²) in [5, 5.41) is 31.5. The predicted molar refractivity (Wildman–Crippen MR) is 330 cm³/mol. The van der Waals surface area contributed by atoms with E-state index >= 15 is 0 Å². The summed E-state index contributed by atoms with van der Waals surface area (Å²) in [6, 6.07) is 0. The molecule has 0 aromatic carbocycles. The number of aliphatic carboxylic acids is 1. The molecule has 1 fully saturated rings. The number of unbranched alkanes of at least 4 members (excludes halogenated alkanes) is 15. The summed E-state index contributed by atoms with van der Waals surface area (Å²) in [6.45, 7) is 5.62. The van der Waals surface area contributed by atoms with Gasteiger partial charge in [0.05, 0.1) is 6.61 Å². The summed E-state index contributed by atoms with van der Waals surface area (Å²) in [6.07, 6.45) is 65.5. The third-order valence-corrected chi connectivity index (χ3v) is 13.2. The van der Waals surface area contributed by atoms with Crippen LogP contribution in [0.25, 0.3) is 0 Å². The third-order valence-electron chi connectivity index (χ3n) is 13.2. The van der Waals surface area contributed by atoms with Crippen molar-refractivity contribution in [2.45, 2.75) is 263 Å². The second-order valence-corrected chi connectivity index (χ2v) is 20.5. The molecule has 1 heterocycles. The highest BCUT2D eigenvalue weighted by Gasteiger charge is 2.50. The number of ether oxygens (including phenoxy) is 5. The number of carbonyl (C=O) groups excluding carboxylic acids is 3. The number of hydrogen-bond donors (Lipinski definition) is 3. The molecule has 0 aliphatic carbocycles. The molecule has 1 aliphatic rings. The number of esters is 3. The van der Waals surface area contributed by atoms with Crippen molar-refractivity contribution in [2.75, 3.05) is 13.2 Å². The van der Waals surface area contributed by atoms with Gasteiger partial charge in [0.25, 0.3) is 0 Å². The van der Waals surface area contributed by atoms with Crippen molar-refractivity contribution in [3.8, 4) is 0 Å². The number of rotatable bonds is 51. The van der Waals surface area contributed by atoms with E-state index in [0.29, 0.717) is 25.7 Å². The molecule has 0 spiro atoms. The zero-order valence-electron chi connectivity index (χ0n) is 50.2. The smallest absolute Gasteiger partial charge is 0.335 e. The Morgan fingerprint density at radius 3 is 1.16 bits per heavy atom. The normalized spacial score (nSPS) is 18.7. The second-order valence-electron chi connectivity index (χ2n) is 20.5. The molecule has 0 aromatic heterocycles. The van der Waals surface area contributed by atoms with Crippen LogP contribution in [0.4, 0.5) is 0 Å². The highest BCUT2D eigenvalue weighted by molar-refractivity contribution is 5.74. The Labute approximate surface area is 490 Å². The number of carbonyl (C=O) groups is 4. The highest BCUT2D eigenvalue weighted by Crippen LogP contribution is 2.26. The first kappa shape index (κ1) is 73.9. The quantitative estimate of drug-likeness (QED) is 0.0228. The maximum Gasteiger partial charge on any atom is 0.335 e. The van der Waals surface area contributed by atoms with Crippen molar-refractivity contribution in [3.63, 3.8) is 0 Å². The maximum atomic E-state index is 13.2. The van der Waals surface area contributed by atoms with Crippen LogP contribution < -0.4 is 0 Å². The van der Waals surface area contributed by atoms with Crippen molar-refractivity contribution >= 4 is 23.9 Å². The Kier molecular flexibility index (Phi) is 50.5. The van der Waals surface area contributed by atoms with E-state index in [2.05, 4.69) is 142 Å². The summed E-state index contributed by atoms with van der Waals surface area (Å²) in [4.78, 5) is 51.3. The van der Waals surface area contributed by atoms with E-state index in [1.54, 1.807) is 0 Å². The standard InChI is InChI=1S/C69H108O12/c1-4-7-10-13-16-19-22-25-28-31-34-37-40-43-46-49-52-55-61(70)77-58-60(79-62(71)56-53-50-47-44-41-38-35-32-29-26-23-20-17-14-11-8-5-2)59-78-69-67(65(74)64(73)66(81-69)68(75)76)80-63(72)57-54-51-48-45-42-39-36-33-30-27-24-21-18-15-12-9-6-3/h7-12,16-21,25-30,36,39,45,48,60,64-67,69,73-74H,4-6,13-15,22-24,31-35,37-38,40-44,46-47,49-59H2,1-3H3,(H,75,76)/b10-7-,11-8-,12-9-,19-16-,20-17-,21-18-,28-25-,29-26-,30-27-,39-36-,48-45-. The van der Waals surface area contributed by atoms with Crippen molar-refractivity contribution in [2.24, 2.45) is 0 Å². The highest BCUT2D eigenvalue weighted by atomic mass is 16.7. The molecule has 0 aromatic rings. The molecule has 0 amide bonds. The average Bonchev–Trinajstić information content (AvgIpc) is 3.53. The Hall–Kier alpha value is -5.14. The molecule has 1 rings (SSSR count). The van der Waals surface area contributed by atoms with E-state index in [9.17, 15) is 34.5 Å².